The fourth-order valence-corrected chi connectivity index (χ4v) is 3.17. The second-order valence-electron chi connectivity index (χ2n) is 4.97. The minimum atomic E-state index is -3.50. The van der Waals surface area contributed by atoms with Crippen LogP contribution in [0.1, 0.15) is 11.1 Å². The van der Waals surface area contributed by atoms with Crippen molar-refractivity contribution in [1.82, 2.24) is 4.72 Å². The summed E-state index contributed by atoms with van der Waals surface area (Å²) in [4.78, 5) is 0.238. The Labute approximate surface area is 139 Å². The summed E-state index contributed by atoms with van der Waals surface area (Å²) in [5, 5.41) is 0. The highest BCUT2D eigenvalue weighted by atomic mass is 79.9. The number of ether oxygens (including phenoxy) is 1. The second kappa shape index (κ2) is 7.26. The number of sulfonamides is 1. The molecule has 0 aromatic heterocycles. The zero-order valence-electron chi connectivity index (χ0n) is 12.5. The molecule has 0 amide bonds. The van der Waals surface area contributed by atoms with E-state index in [9.17, 15) is 8.42 Å². The molecule has 2 aromatic rings. The quantitative estimate of drug-likeness (QED) is 0.777. The number of nitrogens with one attached hydrogen (secondary N) is 1. The van der Waals surface area contributed by atoms with E-state index in [1.165, 1.54) is 0 Å². The molecule has 0 aliphatic heterocycles. The summed E-state index contributed by atoms with van der Waals surface area (Å²) in [6.45, 7) is 4.44. The maximum atomic E-state index is 12.1. The molecule has 6 heteroatoms. The average Bonchev–Trinajstić information content (AvgIpc) is 2.47. The largest absolute Gasteiger partial charge is 0.492 e. The molecule has 2 aromatic carbocycles. The van der Waals surface area contributed by atoms with Crippen molar-refractivity contribution in [2.24, 2.45) is 0 Å². The van der Waals surface area contributed by atoms with E-state index in [2.05, 4.69) is 20.7 Å². The smallest absolute Gasteiger partial charge is 0.240 e. The number of hydrogen-bond acceptors (Lipinski definition) is 3. The van der Waals surface area contributed by atoms with Gasteiger partial charge < -0.3 is 4.74 Å². The highest BCUT2D eigenvalue weighted by Crippen LogP contribution is 2.19. The van der Waals surface area contributed by atoms with Crippen molar-refractivity contribution >= 4 is 26.0 Å². The summed E-state index contributed by atoms with van der Waals surface area (Å²) in [6.07, 6.45) is 0. The van der Waals surface area contributed by atoms with Gasteiger partial charge in [-0.25, -0.2) is 13.1 Å². The molecular formula is C16H18BrNO3S. The van der Waals surface area contributed by atoms with E-state index in [1.807, 2.05) is 32.0 Å². The predicted molar refractivity (Wildman–Crippen MR) is 90.7 cm³/mol. The van der Waals surface area contributed by atoms with E-state index in [1.54, 1.807) is 24.3 Å². The molecule has 1 N–H and O–H groups in total. The minimum Gasteiger partial charge on any atom is -0.492 e. The van der Waals surface area contributed by atoms with E-state index in [-0.39, 0.29) is 18.0 Å². The van der Waals surface area contributed by atoms with Gasteiger partial charge in [-0.2, -0.15) is 0 Å². The Balaban J connectivity index is 1.90. The molecule has 0 saturated heterocycles. The summed E-state index contributed by atoms with van der Waals surface area (Å²) < 4.78 is 33.2. The standard InChI is InChI=1S/C16H18BrNO3S/c1-12-3-4-13(2)16(11-12)21-10-9-18-22(19,20)15-7-5-14(17)6-8-15/h3-8,11,18H,9-10H2,1-2H3. The van der Waals surface area contributed by atoms with Gasteiger partial charge in [-0.15, -0.1) is 0 Å². The Morgan fingerprint density at radius 2 is 1.77 bits per heavy atom. The summed E-state index contributed by atoms with van der Waals surface area (Å²) in [7, 11) is -3.50. The van der Waals surface area contributed by atoms with Crippen molar-refractivity contribution < 1.29 is 13.2 Å². The van der Waals surface area contributed by atoms with Crippen LogP contribution in [0.25, 0.3) is 0 Å². The Morgan fingerprint density at radius 1 is 1.09 bits per heavy atom. The Hall–Kier alpha value is -1.37. The van der Waals surface area contributed by atoms with Crippen LogP contribution in [-0.4, -0.2) is 21.6 Å². The van der Waals surface area contributed by atoms with Gasteiger partial charge in [0.15, 0.2) is 0 Å². The van der Waals surface area contributed by atoms with E-state index in [4.69, 9.17) is 4.74 Å². The minimum absolute atomic E-state index is 0.214. The van der Waals surface area contributed by atoms with Crippen LogP contribution in [0.3, 0.4) is 0 Å². The van der Waals surface area contributed by atoms with Crippen molar-refractivity contribution in [2.45, 2.75) is 18.7 Å². The normalized spacial score (nSPS) is 11.4. The van der Waals surface area contributed by atoms with Crippen molar-refractivity contribution in [1.29, 1.82) is 0 Å². The Bertz CT molecular complexity index is 742. The zero-order valence-corrected chi connectivity index (χ0v) is 14.9. The topological polar surface area (TPSA) is 55.4 Å². The number of aryl methyl sites for hydroxylation is 2. The summed E-state index contributed by atoms with van der Waals surface area (Å²) in [6, 6.07) is 12.4. The lowest BCUT2D eigenvalue weighted by molar-refractivity contribution is 0.320. The molecule has 0 heterocycles. The van der Waals surface area contributed by atoms with E-state index in [0.29, 0.717) is 0 Å². The van der Waals surface area contributed by atoms with Crippen molar-refractivity contribution in [3.05, 3.63) is 58.1 Å². The van der Waals surface area contributed by atoms with Crippen molar-refractivity contribution in [3.63, 3.8) is 0 Å². The van der Waals surface area contributed by atoms with E-state index < -0.39 is 10.0 Å². The molecule has 0 unspecified atom stereocenters. The van der Waals surface area contributed by atoms with Crippen molar-refractivity contribution in [2.75, 3.05) is 13.2 Å². The molecule has 0 saturated carbocycles. The second-order valence-corrected chi connectivity index (χ2v) is 7.65. The molecule has 0 bridgehead atoms. The summed E-state index contributed by atoms with van der Waals surface area (Å²) >= 11 is 3.28. The number of halogens is 1. The van der Waals surface area contributed by atoms with E-state index in [0.717, 1.165) is 21.3 Å². The highest BCUT2D eigenvalue weighted by molar-refractivity contribution is 9.10. The Morgan fingerprint density at radius 3 is 2.45 bits per heavy atom. The number of rotatable bonds is 6. The van der Waals surface area contributed by atoms with Crippen LogP contribution in [-0.2, 0) is 10.0 Å². The van der Waals surface area contributed by atoms with Gasteiger partial charge in [0.2, 0.25) is 10.0 Å². The molecule has 0 atom stereocenters. The third-order valence-corrected chi connectivity index (χ3v) is 5.12. The molecule has 0 aliphatic carbocycles. The third kappa shape index (κ3) is 4.56. The highest BCUT2D eigenvalue weighted by Gasteiger charge is 2.13. The van der Waals surface area contributed by atoms with Crippen LogP contribution in [0.2, 0.25) is 0 Å². The van der Waals surface area contributed by atoms with Gasteiger partial charge in [-0.05, 0) is 55.3 Å². The first-order valence-electron chi connectivity index (χ1n) is 6.84. The summed E-state index contributed by atoms with van der Waals surface area (Å²) in [5.74, 6) is 0.780. The predicted octanol–water partition coefficient (Wildman–Crippen LogP) is 3.42. The van der Waals surface area contributed by atoms with Gasteiger partial charge in [0, 0.05) is 11.0 Å². The monoisotopic (exact) mass is 383 g/mol. The molecule has 4 nitrogen and oxygen atoms in total. The lowest BCUT2D eigenvalue weighted by Crippen LogP contribution is -2.28. The van der Waals surface area contributed by atoms with Crippen LogP contribution >= 0.6 is 15.9 Å². The molecule has 0 aliphatic rings. The van der Waals surface area contributed by atoms with Gasteiger partial charge in [0.25, 0.3) is 0 Å². The first-order chi connectivity index (χ1) is 10.4. The molecule has 22 heavy (non-hydrogen) atoms. The van der Waals surface area contributed by atoms with Crippen LogP contribution in [0, 0.1) is 13.8 Å². The lowest BCUT2D eigenvalue weighted by Gasteiger charge is -2.11. The first-order valence-corrected chi connectivity index (χ1v) is 9.11. The van der Waals surface area contributed by atoms with Crippen LogP contribution in [0.15, 0.2) is 51.8 Å². The fourth-order valence-electron chi connectivity index (χ4n) is 1.90. The number of benzene rings is 2. The van der Waals surface area contributed by atoms with Gasteiger partial charge in [-0.3, -0.25) is 0 Å². The van der Waals surface area contributed by atoms with Gasteiger partial charge in [0.1, 0.15) is 12.4 Å². The van der Waals surface area contributed by atoms with E-state index >= 15 is 0 Å². The van der Waals surface area contributed by atoms with Gasteiger partial charge >= 0.3 is 0 Å². The molecule has 0 fully saturated rings. The van der Waals surface area contributed by atoms with Crippen LogP contribution in [0.4, 0.5) is 0 Å². The SMILES string of the molecule is Cc1ccc(C)c(OCCNS(=O)(=O)c2ccc(Br)cc2)c1. The third-order valence-electron chi connectivity index (χ3n) is 3.12. The van der Waals surface area contributed by atoms with Gasteiger partial charge in [0.05, 0.1) is 4.90 Å². The van der Waals surface area contributed by atoms with Crippen LogP contribution in [0.5, 0.6) is 5.75 Å². The maximum absolute atomic E-state index is 12.1. The van der Waals surface area contributed by atoms with Crippen LogP contribution < -0.4 is 9.46 Å². The first kappa shape index (κ1) is 17.0. The molecule has 0 radical (unpaired) electrons. The Kier molecular flexibility index (Phi) is 5.61. The molecule has 118 valence electrons. The summed E-state index contributed by atoms with van der Waals surface area (Å²) in [5.41, 5.74) is 2.14. The molecular weight excluding hydrogens is 366 g/mol. The molecule has 2 rings (SSSR count). The lowest BCUT2D eigenvalue weighted by atomic mass is 10.1. The number of hydrogen-bond donors (Lipinski definition) is 1. The molecule has 0 spiro atoms. The average molecular weight is 384 g/mol. The maximum Gasteiger partial charge on any atom is 0.240 e. The van der Waals surface area contributed by atoms with Gasteiger partial charge in [-0.1, -0.05) is 28.1 Å². The fraction of sp³-hybridized carbons (Fsp3) is 0.250. The zero-order chi connectivity index (χ0) is 16.2. The van der Waals surface area contributed by atoms with Crippen molar-refractivity contribution in [3.8, 4) is 5.75 Å².